The molecule has 0 amide bonds. The number of hydrogen-bond acceptors (Lipinski definition) is 5. The Hall–Kier alpha value is -1.23. The monoisotopic (exact) mass is 170 g/mol. The average Bonchev–Trinajstić information content (AvgIpc) is 2.39. The quantitative estimate of drug-likeness (QED) is 0.378. The van der Waals surface area contributed by atoms with Crippen LogP contribution in [0.3, 0.4) is 0 Å². The van der Waals surface area contributed by atoms with Crippen LogP contribution in [0.15, 0.2) is 16.7 Å². The maximum absolute atomic E-state index is 10.2. The summed E-state index contributed by atoms with van der Waals surface area (Å²) >= 11 is 1.42. The summed E-state index contributed by atoms with van der Waals surface area (Å²) < 4.78 is 0. The van der Waals surface area contributed by atoms with Crippen LogP contribution in [0.4, 0.5) is 0 Å². The fraction of sp³-hybridized carbons (Fsp3) is 0.167. The molecule has 0 radical (unpaired) electrons. The lowest BCUT2D eigenvalue weighted by Crippen LogP contribution is -1.91. The molecule has 1 rings (SSSR count). The topological polar surface area (TPSA) is 51.5 Å². The highest BCUT2D eigenvalue weighted by Crippen LogP contribution is 1.99. The summed E-state index contributed by atoms with van der Waals surface area (Å²) in [6.07, 6.45) is 3.05. The molecule has 58 valence electrons. The summed E-state index contributed by atoms with van der Waals surface area (Å²) in [5.41, 5.74) is 0. The molecule has 0 atom stereocenters. The number of carbonyl (C=O) groups excluding carboxylic acids is 1. The maximum atomic E-state index is 10.2. The summed E-state index contributed by atoms with van der Waals surface area (Å²) in [7, 11) is 0. The summed E-state index contributed by atoms with van der Waals surface area (Å²) in [4.78, 5) is 18.4. The smallest absolute Gasteiger partial charge is 0.319 e. The number of hydrogen-bond donors (Lipinski definition) is 0. The molecule has 11 heavy (non-hydrogen) atoms. The van der Waals surface area contributed by atoms with Gasteiger partial charge in [-0.3, -0.25) is 0 Å². The highest BCUT2D eigenvalue weighted by atomic mass is 32.1. The normalized spacial score (nSPS) is 10.3. The molecule has 0 aromatic carbocycles. The van der Waals surface area contributed by atoms with Crippen molar-refractivity contribution in [2.75, 3.05) is 0 Å². The van der Waals surface area contributed by atoms with Gasteiger partial charge in [0.2, 0.25) is 0 Å². The first-order valence-electron chi connectivity index (χ1n) is 2.89. The van der Waals surface area contributed by atoms with Crippen molar-refractivity contribution in [1.29, 1.82) is 0 Å². The van der Waals surface area contributed by atoms with E-state index in [2.05, 4.69) is 15.0 Å². The molecule has 1 aromatic rings. The lowest BCUT2D eigenvalue weighted by molar-refractivity contribution is -0.140. The van der Waals surface area contributed by atoms with E-state index in [-0.39, 0.29) is 0 Å². The molecule has 5 heteroatoms. The van der Waals surface area contributed by atoms with E-state index in [0.29, 0.717) is 5.01 Å². The van der Waals surface area contributed by atoms with E-state index in [1.165, 1.54) is 24.5 Å². The van der Waals surface area contributed by atoms with E-state index in [9.17, 15) is 4.79 Å². The average molecular weight is 170 g/mol. The molecular weight excluding hydrogens is 164 g/mol. The zero-order valence-electron chi connectivity index (χ0n) is 5.85. The first kappa shape index (κ1) is 7.87. The Morgan fingerprint density at radius 3 is 3.27 bits per heavy atom. The molecule has 4 nitrogen and oxygen atoms in total. The van der Waals surface area contributed by atoms with Gasteiger partial charge in [-0.1, -0.05) is 5.16 Å². The van der Waals surface area contributed by atoms with Gasteiger partial charge in [0, 0.05) is 18.5 Å². The van der Waals surface area contributed by atoms with Crippen LogP contribution >= 0.6 is 11.3 Å². The van der Waals surface area contributed by atoms with Gasteiger partial charge in [-0.25, -0.2) is 9.78 Å². The van der Waals surface area contributed by atoms with Gasteiger partial charge in [0.25, 0.3) is 0 Å². The molecule has 1 heterocycles. The summed E-state index contributed by atoms with van der Waals surface area (Å²) in [5.74, 6) is -0.433. The largest absolute Gasteiger partial charge is 0.331 e. The van der Waals surface area contributed by atoms with E-state index >= 15 is 0 Å². The van der Waals surface area contributed by atoms with E-state index in [4.69, 9.17) is 0 Å². The van der Waals surface area contributed by atoms with Crippen molar-refractivity contribution in [1.82, 2.24) is 4.98 Å². The molecular formula is C6H6N2O2S. The van der Waals surface area contributed by atoms with Crippen molar-refractivity contribution in [2.24, 2.45) is 5.16 Å². The molecule has 0 aliphatic carbocycles. The standard InChI is InChI=1S/C6H6N2O2S/c1-5(9)10-8-4-6-7-2-3-11-6/h2-4H,1H3. The van der Waals surface area contributed by atoms with Crippen LogP contribution in [0, 0.1) is 0 Å². The number of thiazole rings is 1. The lowest BCUT2D eigenvalue weighted by Gasteiger charge is -1.85. The third-order valence-corrected chi connectivity index (χ3v) is 1.51. The molecule has 0 saturated carbocycles. The first-order valence-corrected chi connectivity index (χ1v) is 3.77. The Kier molecular flexibility index (Phi) is 2.74. The molecule has 0 N–H and O–H groups in total. The number of aromatic nitrogens is 1. The fourth-order valence-electron chi connectivity index (χ4n) is 0.444. The Bertz CT molecular complexity index is 256. The Labute approximate surface area is 67.5 Å². The Balaban J connectivity index is 2.43. The van der Waals surface area contributed by atoms with E-state index in [1.807, 2.05) is 5.38 Å². The molecule has 0 unspecified atom stereocenters. The minimum Gasteiger partial charge on any atom is -0.319 e. The molecule has 0 fully saturated rings. The molecule has 0 saturated heterocycles. The van der Waals surface area contributed by atoms with Crippen molar-refractivity contribution in [3.8, 4) is 0 Å². The highest BCUT2D eigenvalue weighted by molar-refractivity contribution is 7.11. The van der Waals surface area contributed by atoms with Crippen LogP contribution in [0.5, 0.6) is 0 Å². The van der Waals surface area contributed by atoms with Gasteiger partial charge in [0.15, 0.2) is 0 Å². The second kappa shape index (κ2) is 3.82. The van der Waals surface area contributed by atoms with Crippen molar-refractivity contribution in [3.05, 3.63) is 16.6 Å². The van der Waals surface area contributed by atoms with Gasteiger partial charge < -0.3 is 4.84 Å². The Morgan fingerprint density at radius 1 is 1.91 bits per heavy atom. The maximum Gasteiger partial charge on any atom is 0.331 e. The van der Waals surface area contributed by atoms with Gasteiger partial charge in [0.05, 0.1) is 0 Å². The fourth-order valence-corrected chi connectivity index (χ4v) is 0.931. The number of rotatable bonds is 2. The van der Waals surface area contributed by atoms with Crippen LogP contribution in [0.2, 0.25) is 0 Å². The number of carbonyl (C=O) groups is 1. The third kappa shape index (κ3) is 2.90. The van der Waals surface area contributed by atoms with Crippen LogP contribution in [0.25, 0.3) is 0 Å². The summed E-state index contributed by atoms with van der Waals surface area (Å²) in [5, 5.41) is 5.92. The summed E-state index contributed by atoms with van der Waals surface area (Å²) in [6, 6.07) is 0. The van der Waals surface area contributed by atoms with E-state index in [0.717, 1.165) is 0 Å². The first-order chi connectivity index (χ1) is 5.29. The van der Waals surface area contributed by atoms with Gasteiger partial charge in [-0.15, -0.1) is 11.3 Å². The van der Waals surface area contributed by atoms with Crippen molar-refractivity contribution < 1.29 is 9.63 Å². The minimum atomic E-state index is -0.433. The molecule has 0 spiro atoms. The summed E-state index contributed by atoms with van der Waals surface area (Å²) in [6.45, 7) is 1.29. The van der Waals surface area contributed by atoms with Gasteiger partial charge in [0.1, 0.15) is 11.2 Å². The highest BCUT2D eigenvalue weighted by Gasteiger charge is 1.89. The number of oxime groups is 1. The number of nitrogens with zero attached hydrogens (tertiary/aromatic N) is 2. The molecule has 0 aliphatic rings. The van der Waals surface area contributed by atoms with E-state index in [1.54, 1.807) is 6.20 Å². The Morgan fingerprint density at radius 2 is 2.73 bits per heavy atom. The van der Waals surface area contributed by atoms with Crippen molar-refractivity contribution in [3.63, 3.8) is 0 Å². The zero-order valence-corrected chi connectivity index (χ0v) is 6.67. The second-order valence-corrected chi connectivity index (χ2v) is 2.61. The van der Waals surface area contributed by atoms with Crippen LogP contribution in [-0.2, 0) is 9.63 Å². The molecule has 0 aliphatic heterocycles. The van der Waals surface area contributed by atoms with Gasteiger partial charge >= 0.3 is 5.97 Å². The van der Waals surface area contributed by atoms with Gasteiger partial charge in [-0.05, 0) is 0 Å². The third-order valence-electron chi connectivity index (χ3n) is 0.796. The van der Waals surface area contributed by atoms with Gasteiger partial charge in [-0.2, -0.15) is 0 Å². The second-order valence-electron chi connectivity index (χ2n) is 1.69. The predicted molar refractivity (Wildman–Crippen MR) is 41.5 cm³/mol. The molecule has 1 aromatic heterocycles. The zero-order chi connectivity index (χ0) is 8.10. The predicted octanol–water partition coefficient (Wildman–Crippen LogP) is 1.04. The van der Waals surface area contributed by atoms with Crippen molar-refractivity contribution >= 4 is 23.5 Å². The van der Waals surface area contributed by atoms with Crippen molar-refractivity contribution in [2.45, 2.75) is 6.92 Å². The van der Waals surface area contributed by atoms with Crippen LogP contribution in [0.1, 0.15) is 11.9 Å². The van der Waals surface area contributed by atoms with Crippen LogP contribution in [-0.4, -0.2) is 17.2 Å². The molecule has 0 bridgehead atoms. The van der Waals surface area contributed by atoms with Crippen LogP contribution < -0.4 is 0 Å². The lowest BCUT2D eigenvalue weighted by atomic mass is 10.8. The minimum absolute atomic E-state index is 0.433. The van der Waals surface area contributed by atoms with E-state index < -0.39 is 5.97 Å². The SMILES string of the molecule is CC(=O)ON=Cc1nccs1.